The molecule has 0 saturated heterocycles. The van der Waals surface area contributed by atoms with Crippen LogP contribution < -0.4 is 5.32 Å². The quantitative estimate of drug-likeness (QED) is 0.882. The molecule has 0 amide bonds. The van der Waals surface area contributed by atoms with Crippen LogP contribution in [-0.4, -0.2) is 12.6 Å². The predicted octanol–water partition coefficient (Wildman–Crippen LogP) is 3.99. The molecule has 88 valence electrons. The third-order valence-electron chi connectivity index (χ3n) is 2.15. The van der Waals surface area contributed by atoms with Crippen molar-refractivity contribution in [1.82, 2.24) is 5.32 Å². The molecule has 0 heterocycles. The van der Waals surface area contributed by atoms with Crippen molar-refractivity contribution in [2.24, 2.45) is 0 Å². The lowest BCUT2D eigenvalue weighted by molar-refractivity contribution is 0.619. The van der Waals surface area contributed by atoms with Gasteiger partial charge in [-0.25, -0.2) is 4.39 Å². The van der Waals surface area contributed by atoms with Crippen LogP contribution in [0.5, 0.6) is 0 Å². The van der Waals surface area contributed by atoms with E-state index in [4.69, 9.17) is 0 Å². The van der Waals surface area contributed by atoms with Gasteiger partial charge < -0.3 is 5.32 Å². The van der Waals surface area contributed by atoms with E-state index in [0.29, 0.717) is 11.6 Å². The fourth-order valence-corrected chi connectivity index (χ4v) is 1.63. The third-order valence-corrected chi connectivity index (χ3v) is 2.65. The van der Waals surface area contributed by atoms with Crippen molar-refractivity contribution in [2.45, 2.75) is 26.8 Å². The number of hydrogen-bond acceptors (Lipinski definition) is 1. The number of benzene rings is 1. The topological polar surface area (TPSA) is 12.0 Å². The summed E-state index contributed by atoms with van der Waals surface area (Å²) in [6.07, 6.45) is 1.87. The van der Waals surface area contributed by atoms with Crippen molar-refractivity contribution >= 4 is 22.0 Å². The van der Waals surface area contributed by atoms with Crippen LogP contribution in [0.2, 0.25) is 0 Å². The van der Waals surface area contributed by atoms with Crippen molar-refractivity contribution in [3.05, 3.63) is 39.6 Å². The molecule has 0 aliphatic carbocycles. The molecular weight excluding hydrogens is 269 g/mol. The molecule has 0 aliphatic rings. The first kappa shape index (κ1) is 13.4. The Labute approximate surface area is 105 Å². The molecule has 1 N–H and O–H groups in total. The zero-order valence-electron chi connectivity index (χ0n) is 9.85. The Kier molecular flexibility index (Phi) is 5.16. The van der Waals surface area contributed by atoms with E-state index in [0.717, 1.165) is 16.6 Å². The van der Waals surface area contributed by atoms with Gasteiger partial charge in [-0.05, 0) is 19.1 Å². The van der Waals surface area contributed by atoms with Crippen molar-refractivity contribution in [2.75, 3.05) is 6.54 Å². The normalized spacial score (nSPS) is 12.2. The van der Waals surface area contributed by atoms with Gasteiger partial charge in [-0.15, -0.1) is 0 Å². The van der Waals surface area contributed by atoms with E-state index < -0.39 is 0 Å². The minimum atomic E-state index is -0.196. The molecule has 0 aromatic heterocycles. The minimum absolute atomic E-state index is 0.196. The first-order chi connectivity index (χ1) is 7.49. The van der Waals surface area contributed by atoms with Crippen LogP contribution in [0.15, 0.2) is 28.2 Å². The fourth-order valence-electron chi connectivity index (χ4n) is 1.30. The van der Waals surface area contributed by atoms with E-state index >= 15 is 0 Å². The molecule has 3 heteroatoms. The molecule has 16 heavy (non-hydrogen) atoms. The summed E-state index contributed by atoms with van der Waals surface area (Å²) in [5.41, 5.74) is 1.75. The van der Waals surface area contributed by atoms with Gasteiger partial charge in [0.25, 0.3) is 0 Å². The van der Waals surface area contributed by atoms with Gasteiger partial charge in [0, 0.05) is 22.6 Å². The first-order valence-corrected chi connectivity index (χ1v) is 6.14. The zero-order chi connectivity index (χ0) is 12.1. The van der Waals surface area contributed by atoms with Gasteiger partial charge in [0.1, 0.15) is 5.82 Å². The predicted molar refractivity (Wildman–Crippen MR) is 70.9 cm³/mol. The van der Waals surface area contributed by atoms with Crippen LogP contribution in [0.25, 0.3) is 6.08 Å². The summed E-state index contributed by atoms with van der Waals surface area (Å²) < 4.78 is 14.3. The average Bonchev–Trinajstić information content (AvgIpc) is 2.19. The van der Waals surface area contributed by atoms with Crippen LogP contribution in [0.1, 0.15) is 26.3 Å². The Balaban J connectivity index is 2.74. The molecule has 0 bridgehead atoms. The van der Waals surface area contributed by atoms with Crippen LogP contribution in [-0.2, 0) is 0 Å². The molecule has 0 spiro atoms. The Hall–Kier alpha value is -0.670. The highest BCUT2D eigenvalue weighted by Crippen LogP contribution is 2.17. The maximum atomic E-state index is 13.5. The summed E-state index contributed by atoms with van der Waals surface area (Å²) in [7, 11) is 0. The molecule has 0 fully saturated rings. The molecule has 0 saturated carbocycles. The summed E-state index contributed by atoms with van der Waals surface area (Å²) in [6.45, 7) is 6.96. The van der Waals surface area contributed by atoms with Gasteiger partial charge in [0.2, 0.25) is 0 Å². The molecule has 0 radical (unpaired) electrons. The second kappa shape index (κ2) is 6.16. The smallest absolute Gasteiger partial charge is 0.131 e. The molecule has 0 atom stereocenters. The van der Waals surface area contributed by atoms with E-state index in [2.05, 4.69) is 35.1 Å². The van der Waals surface area contributed by atoms with E-state index in [-0.39, 0.29) is 5.82 Å². The van der Waals surface area contributed by atoms with Crippen LogP contribution in [0.4, 0.5) is 4.39 Å². The van der Waals surface area contributed by atoms with Crippen molar-refractivity contribution < 1.29 is 4.39 Å². The Morgan fingerprint density at radius 3 is 2.75 bits per heavy atom. The number of hydrogen-bond donors (Lipinski definition) is 1. The third kappa shape index (κ3) is 4.45. The summed E-state index contributed by atoms with van der Waals surface area (Å²) in [5, 5.41) is 3.30. The number of halogens is 2. The highest BCUT2D eigenvalue weighted by atomic mass is 79.9. The summed E-state index contributed by atoms with van der Waals surface area (Å²) in [6, 6.07) is 5.55. The maximum Gasteiger partial charge on any atom is 0.131 e. The van der Waals surface area contributed by atoms with Crippen molar-refractivity contribution in [3.63, 3.8) is 0 Å². The lowest BCUT2D eigenvalue weighted by atomic mass is 10.1. The largest absolute Gasteiger partial charge is 0.311 e. The van der Waals surface area contributed by atoms with Crippen molar-refractivity contribution in [3.8, 4) is 0 Å². The lowest BCUT2D eigenvalue weighted by Crippen LogP contribution is -2.24. The second-order valence-corrected chi connectivity index (χ2v) is 5.11. The molecule has 0 aliphatic heterocycles. The van der Waals surface area contributed by atoms with Crippen LogP contribution >= 0.6 is 15.9 Å². The summed E-state index contributed by atoms with van der Waals surface area (Å²) >= 11 is 3.24. The van der Waals surface area contributed by atoms with Crippen molar-refractivity contribution in [1.29, 1.82) is 0 Å². The average molecular weight is 286 g/mol. The van der Waals surface area contributed by atoms with Gasteiger partial charge in [-0.2, -0.15) is 0 Å². The fraction of sp³-hybridized carbons (Fsp3) is 0.385. The number of nitrogens with one attached hydrogen (secondary N) is 1. The van der Waals surface area contributed by atoms with Gasteiger partial charge in [0.05, 0.1) is 0 Å². The molecule has 1 nitrogen and oxygen atoms in total. The van der Waals surface area contributed by atoms with Gasteiger partial charge in [0.15, 0.2) is 0 Å². The maximum absolute atomic E-state index is 13.5. The van der Waals surface area contributed by atoms with Crippen LogP contribution in [0, 0.1) is 5.82 Å². The highest BCUT2D eigenvalue weighted by Gasteiger charge is 2.01. The van der Waals surface area contributed by atoms with E-state index in [9.17, 15) is 4.39 Å². The molecular formula is C13H17BrFN. The van der Waals surface area contributed by atoms with Gasteiger partial charge >= 0.3 is 0 Å². The SMILES string of the molecule is CC(=Cc1ccc(Br)cc1F)CNC(C)C. The Morgan fingerprint density at radius 2 is 2.19 bits per heavy atom. The van der Waals surface area contributed by atoms with E-state index in [1.54, 1.807) is 6.07 Å². The summed E-state index contributed by atoms with van der Waals surface area (Å²) in [5.74, 6) is -0.196. The van der Waals surface area contributed by atoms with Crippen LogP contribution in [0.3, 0.4) is 0 Å². The number of rotatable bonds is 4. The Bertz CT molecular complexity index is 386. The van der Waals surface area contributed by atoms with E-state index in [1.165, 1.54) is 6.07 Å². The molecule has 0 unspecified atom stereocenters. The zero-order valence-corrected chi connectivity index (χ0v) is 11.4. The van der Waals surface area contributed by atoms with Gasteiger partial charge in [-0.3, -0.25) is 0 Å². The monoisotopic (exact) mass is 285 g/mol. The standard InChI is InChI=1S/C13H17BrFN/c1-9(2)16-8-10(3)6-11-4-5-12(14)7-13(11)15/h4-7,9,16H,8H2,1-3H3. The molecule has 1 aromatic carbocycles. The van der Waals surface area contributed by atoms with Gasteiger partial charge in [-0.1, -0.05) is 47.5 Å². The Morgan fingerprint density at radius 1 is 1.50 bits per heavy atom. The van der Waals surface area contributed by atoms with E-state index in [1.807, 2.05) is 19.1 Å². The second-order valence-electron chi connectivity index (χ2n) is 4.19. The highest BCUT2D eigenvalue weighted by molar-refractivity contribution is 9.10. The molecule has 1 aromatic rings. The first-order valence-electron chi connectivity index (χ1n) is 5.34. The summed E-state index contributed by atoms with van der Waals surface area (Å²) in [4.78, 5) is 0. The molecule has 1 rings (SSSR count). The minimum Gasteiger partial charge on any atom is -0.311 e. The lowest BCUT2D eigenvalue weighted by Gasteiger charge is -2.08.